The third kappa shape index (κ3) is 5.18. The van der Waals surface area contributed by atoms with Gasteiger partial charge in [-0.25, -0.2) is 0 Å². The fourth-order valence-electron chi connectivity index (χ4n) is 3.42. The Morgan fingerprint density at radius 3 is 2.10 bits per heavy atom. The van der Waals surface area contributed by atoms with Crippen LogP contribution < -0.4 is 4.90 Å². The van der Waals surface area contributed by atoms with Gasteiger partial charge in [-0.2, -0.15) is 0 Å². The summed E-state index contributed by atoms with van der Waals surface area (Å²) in [6.07, 6.45) is 12.3. The summed E-state index contributed by atoms with van der Waals surface area (Å²) >= 11 is 0. The van der Waals surface area contributed by atoms with Gasteiger partial charge in [0, 0.05) is 30.7 Å². The van der Waals surface area contributed by atoms with Crippen LogP contribution in [0, 0.1) is 0 Å². The van der Waals surface area contributed by atoms with E-state index in [1.165, 1.54) is 28.0 Å². The minimum Gasteiger partial charge on any atom is -0.351 e. The average Bonchev–Trinajstić information content (AvgIpc) is 2.68. The van der Waals surface area contributed by atoms with Crippen molar-refractivity contribution in [1.82, 2.24) is 0 Å². The predicted octanol–water partition coefficient (Wildman–Crippen LogP) is 7.59. The summed E-state index contributed by atoms with van der Waals surface area (Å²) in [5.41, 5.74) is 7.52. The number of anilines is 1. The normalized spacial score (nSPS) is 16.1. The molecule has 0 fully saturated rings. The number of hydrogen-bond acceptors (Lipinski definition) is 2. The quantitative estimate of drug-likeness (QED) is 0.486. The van der Waals surface area contributed by atoms with Gasteiger partial charge < -0.3 is 4.90 Å². The van der Waals surface area contributed by atoms with E-state index in [0.717, 1.165) is 5.69 Å². The summed E-state index contributed by atoms with van der Waals surface area (Å²) in [5.74, 6) is 0. The largest absolute Gasteiger partial charge is 0.351 e. The fraction of sp³-hybridized carbons (Fsp3) is 0.321. The molecule has 0 amide bonds. The Hall–Kier alpha value is -2.87. The molecule has 3 rings (SSSR count). The van der Waals surface area contributed by atoms with Crippen molar-refractivity contribution >= 4 is 23.2 Å². The summed E-state index contributed by atoms with van der Waals surface area (Å²) in [5, 5.41) is 0. The molecule has 0 atom stereocenters. The molecule has 1 aliphatic rings. The molecule has 0 radical (unpaired) electrons. The highest BCUT2D eigenvalue weighted by atomic mass is 15.1. The summed E-state index contributed by atoms with van der Waals surface area (Å²) in [4.78, 5) is 6.87. The number of benzene rings is 2. The molecule has 1 aliphatic heterocycles. The van der Waals surface area contributed by atoms with E-state index >= 15 is 0 Å². The Morgan fingerprint density at radius 2 is 1.47 bits per heavy atom. The highest BCUT2D eigenvalue weighted by Crippen LogP contribution is 2.33. The summed E-state index contributed by atoms with van der Waals surface area (Å²) in [7, 11) is 2.08. The number of aliphatic imine (C=N–C) groups is 1. The van der Waals surface area contributed by atoms with E-state index in [2.05, 4.69) is 120 Å². The lowest BCUT2D eigenvalue weighted by molar-refractivity contribution is 0.569. The van der Waals surface area contributed by atoms with Crippen LogP contribution >= 0.6 is 0 Å². The van der Waals surface area contributed by atoms with Gasteiger partial charge in [0.15, 0.2) is 0 Å². The maximum Gasteiger partial charge on any atom is 0.0635 e. The Morgan fingerprint density at radius 1 is 0.833 bits per heavy atom. The summed E-state index contributed by atoms with van der Waals surface area (Å²) in [6, 6.07) is 15.2. The van der Waals surface area contributed by atoms with Crippen LogP contribution in [0.1, 0.15) is 58.2 Å². The van der Waals surface area contributed by atoms with E-state index in [4.69, 9.17) is 4.99 Å². The van der Waals surface area contributed by atoms with Crippen molar-refractivity contribution in [2.24, 2.45) is 4.99 Å². The van der Waals surface area contributed by atoms with Gasteiger partial charge in [0.25, 0.3) is 0 Å². The molecule has 2 aromatic rings. The van der Waals surface area contributed by atoms with Gasteiger partial charge in [-0.1, -0.05) is 78.0 Å². The molecule has 0 saturated carbocycles. The first-order chi connectivity index (χ1) is 14.1. The van der Waals surface area contributed by atoms with Gasteiger partial charge in [0.1, 0.15) is 0 Å². The van der Waals surface area contributed by atoms with Gasteiger partial charge in [0.05, 0.1) is 5.69 Å². The summed E-state index contributed by atoms with van der Waals surface area (Å²) < 4.78 is 0. The first-order valence-corrected chi connectivity index (χ1v) is 10.6. The smallest absolute Gasteiger partial charge is 0.0635 e. The first-order valence-electron chi connectivity index (χ1n) is 10.6. The number of para-hydroxylation sites is 1. The highest BCUT2D eigenvalue weighted by molar-refractivity contribution is 5.87. The van der Waals surface area contributed by atoms with E-state index in [1.807, 2.05) is 12.3 Å². The molecular weight excluding hydrogens is 364 g/mol. The van der Waals surface area contributed by atoms with Crippen molar-refractivity contribution in [2.45, 2.75) is 52.4 Å². The minimum absolute atomic E-state index is 0.0969. The van der Waals surface area contributed by atoms with Gasteiger partial charge >= 0.3 is 0 Å². The molecule has 0 N–H and O–H groups in total. The molecule has 2 heteroatoms. The Bertz CT molecular complexity index is 989. The average molecular weight is 399 g/mol. The van der Waals surface area contributed by atoms with Gasteiger partial charge in [-0.05, 0) is 57.9 Å². The second-order valence-electron chi connectivity index (χ2n) is 10.00. The molecule has 2 aromatic carbocycles. The van der Waals surface area contributed by atoms with E-state index in [9.17, 15) is 0 Å². The van der Waals surface area contributed by atoms with Crippen LogP contribution in [0.3, 0.4) is 0 Å². The molecule has 30 heavy (non-hydrogen) atoms. The van der Waals surface area contributed by atoms with Crippen molar-refractivity contribution in [3.63, 3.8) is 0 Å². The van der Waals surface area contributed by atoms with Crippen molar-refractivity contribution in [3.05, 3.63) is 89.7 Å². The lowest BCUT2D eigenvalue weighted by Crippen LogP contribution is -2.16. The zero-order chi connectivity index (χ0) is 21.9. The molecule has 0 spiro atoms. The molecule has 0 unspecified atom stereocenters. The maximum absolute atomic E-state index is 4.73. The van der Waals surface area contributed by atoms with Crippen molar-refractivity contribution in [2.75, 3.05) is 11.9 Å². The SMILES string of the molecule is CN1C=C/C(=C/C=C/C=Nc2cc(C(C)(C)C)cc(C(C)(C)C)c2)c2ccccc21. The van der Waals surface area contributed by atoms with Crippen molar-refractivity contribution < 1.29 is 0 Å². The van der Waals surface area contributed by atoms with Crippen LogP contribution in [0.25, 0.3) is 5.57 Å². The second kappa shape index (κ2) is 8.47. The molecule has 0 aliphatic carbocycles. The first kappa shape index (κ1) is 21.8. The van der Waals surface area contributed by atoms with Gasteiger partial charge in [0.2, 0.25) is 0 Å². The lowest BCUT2D eigenvalue weighted by atomic mass is 9.80. The van der Waals surface area contributed by atoms with Gasteiger partial charge in [-0.15, -0.1) is 0 Å². The topological polar surface area (TPSA) is 15.6 Å². The van der Waals surface area contributed by atoms with Crippen LogP contribution in [0.4, 0.5) is 11.4 Å². The summed E-state index contributed by atoms with van der Waals surface area (Å²) in [6.45, 7) is 13.5. The highest BCUT2D eigenvalue weighted by Gasteiger charge is 2.20. The van der Waals surface area contributed by atoms with Crippen molar-refractivity contribution in [1.29, 1.82) is 0 Å². The Balaban J connectivity index is 1.83. The maximum atomic E-state index is 4.73. The van der Waals surface area contributed by atoms with E-state index in [-0.39, 0.29) is 10.8 Å². The van der Waals surface area contributed by atoms with Crippen LogP contribution in [0.5, 0.6) is 0 Å². The van der Waals surface area contributed by atoms with Crippen LogP contribution in [0.2, 0.25) is 0 Å². The standard InChI is InChI=1S/C28H34N2/c1-27(2,3)22-18-23(28(4,5)6)20-24(19-22)29-16-11-10-12-21-15-17-30(7)26-14-9-8-13-25(21)26/h8-20H,1-7H3/b11-10+,21-12-,29-16?. The second-order valence-corrected chi connectivity index (χ2v) is 10.00. The van der Waals surface area contributed by atoms with Gasteiger partial charge in [-0.3, -0.25) is 4.99 Å². The number of nitrogens with zero attached hydrogens (tertiary/aromatic N) is 2. The molecule has 1 heterocycles. The lowest BCUT2D eigenvalue weighted by Gasteiger charge is -2.25. The Kier molecular flexibility index (Phi) is 6.17. The fourth-order valence-corrected chi connectivity index (χ4v) is 3.42. The monoisotopic (exact) mass is 398 g/mol. The zero-order valence-corrected chi connectivity index (χ0v) is 19.4. The van der Waals surface area contributed by atoms with Crippen LogP contribution in [-0.2, 0) is 10.8 Å². The Labute approximate surface area is 182 Å². The zero-order valence-electron chi connectivity index (χ0n) is 19.4. The third-order valence-electron chi connectivity index (χ3n) is 5.42. The third-order valence-corrected chi connectivity index (χ3v) is 5.42. The van der Waals surface area contributed by atoms with E-state index in [1.54, 1.807) is 0 Å². The molecule has 2 nitrogen and oxygen atoms in total. The number of allylic oxidation sites excluding steroid dienone is 5. The van der Waals surface area contributed by atoms with Crippen molar-refractivity contribution in [3.8, 4) is 0 Å². The van der Waals surface area contributed by atoms with E-state index < -0.39 is 0 Å². The van der Waals surface area contributed by atoms with Crippen LogP contribution in [-0.4, -0.2) is 13.3 Å². The minimum atomic E-state index is 0.0969. The van der Waals surface area contributed by atoms with E-state index in [0.29, 0.717) is 0 Å². The van der Waals surface area contributed by atoms with Crippen LogP contribution in [0.15, 0.2) is 78.0 Å². The number of rotatable bonds is 3. The molecule has 0 aromatic heterocycles. The predicted molar refractivity (Wildman–Crippen MR) is 133 cm³/mol. The number of fused-ring (bicyclic) bond motifs is 1. The molecule has 0 bridgehead atoms. The number of hydrogen-bond donors (Lipinski definition) is 0. The molecule has 156 valence electrons. The molecule has 0 saturated heterocycles. The molecular formula is C28H34N2.